The van der Waals surface area contributed by atoms with Crippen LogP contribution in [0.2, 0.25) is 5.02 Å². The average molecular weight is 454 g/mol. The number of rotatable bonds is 5. The van der Waals surface area contributed by atoms with Gasteiger partial charge in [0.25, 0.3) is 5.91 Å². The fraction of sp³-hybridized carbons (Fsp3) is 0. The van der Waals surface area contributed by atoms with E-state index in [0.717, 1.165) is 22.2 Å². The summed E-state index contributed by atoms with van der Waals surface area (Å²) in [5.74, 6) is 0.431. The molecule has 6 nitrogen and oxygen atoms in total. The Morgan fingerprint density at radius 3 is 2.55 bits per heavy atom. The Bertz CT molecular complexity index is 1460. The van der Waals surface area contributed by atoms with Crippen LogP contribution in [0.5, 0.6) is 0 Å². The van der Waals surface area contributed by atoms with Crippen molar-refractivity contribution in [3.63, 3.8) is 0 Å². The van der Waals surface area contributed by atoms with Crippen LogP contribution >= 0.6 is 11.6 Å². The number of para-hydroxylation sites is 1. The van der Waals surface area contributed by atoms with E-state index in [9.17, 15) is 4.79 Å². The molecule has 2 heterocycles. The summed E-state index contributed by atoms with van der Waals surface area (Å²) >= 11 is 6.48. The molecule has 3 aromatic carbocycles. The SMILES string of the molecule is Nc1ccc(C(=O)Nc2cccc(Nc3ccc(Cl)c(-c4c[nH]c5ccccc45)n3)c2)cc1. The molecule has 0 radical (unpaired) electrons. The molecule has 0 aliphatic carbocycles. The number of fused-ring (bicyclic) bond motifs is 1. The normalized spacial score (nSPS) is 10.8. The lowest BCUT2D eigenvalue weighted by Gasteiger charge is -2.11. The summed E-state index contributed by atoms with van der Waals surface area (Å²) in [6.07, 6.45) is 1.91. The summed E-state index contributed by atoms with van der Waals surface area (Å²) in [7, 11) is 0. The molecule has 162 valence electrons. The number of hydrogen-bond acceptors (Lipinski definition) is 4. The fourth-order valence-electron chi connectivity index (χ4n) is 3.63. The Kier molecular flexibility index (Phi) is 5.42. The number of nitrogen functional groups attached to an aromatic ring is 1. The molecule has 0 spiro atoms. The number of amides is 1. The van der Waals surface area contributed by atoms with Gasteiger partial charge in [0.1, 0.15) is 5.82 Å². The Hall–Kier alpha value is -4.29. The van der Waals surface area contributed by atoms with Crippen LogP contribution in [0.4, 0.5) is 22.9 Å². The summed E-state index contributed by atoms with van der Waals surface area (Å²) in [5, 5.41) is 7.81. The van der Waals surface area contributed by atoms with Gasteiger partial charge < -0.3 is 21.4 Å². The molecule has 33 heavy (non-hydrogen) atoms. The molecule has 0 saturated heterocycles. The third kappa shape index (κ3) is 4.37. The van der Waals surface area contributed by atoms with Crippen LogP contribution < -0.4 is 16.4 Å². The van der Waals surface area contributed by atoms with E-state index in [1.54, 1.807) is 24.3 Å². The van der Waals surface area contributed by atoms with Crippen molar-refractivity contribution < 1.29 is 4.79 Å². The van der Waals surface area contributed by atoms with Gasteiger partial charge in [-0.25, -0.2) is 4.98 Å². The molecule has 5 rings (SSSR count). The first kappa shape index (κ1) is 20.6. The first-order chi connectivity index (χ1) is 16.1. The van der Waals surface area contributed by atoms with Crippen LogP contribution in [0.15, 0.2) is 91.1 Å². The first-order valence-electron chi connectivity index (χ1n) is 10.3. The quantitative estimate of drug-likeness (QED) is 0.229. The van der Waals surface area contributed by atoms with E-state index in [1.165, 1.54) is 0 Å². The van der Waals surface area contributed by atoms with Crippen molar-refractivity contribution in [1.82, 2.24) is 9.97 Å². The van der Waals surface area contributed by atoms with Gasteiger partial charge in [-0.1, -0.05) is 35.9 Å². The van der Waals surface area contributed by atoms with Crippen molar-refractivity contribution in [2.45, 2.75) is 0 Å². The van der Waals surface area contributed by atoms with Gasteiger partial charge in [0.15, 0.2) is 0 Å². The molecule has 0 atom stereocenters. The lowest BCUT2D eigenvalue weighted by atomic mass is 10.1. The van der Waals surface area contributed by atoms with Gasteiger partial charge in [-0.2, -0.15) is 0 Å². The number of aromatic amines is 1. The molecule has 0 fully saturated rings. The summed E-state index contributed by atoms with van der Waals surface area (Å²) in [6.45, 7) is 0. The minimum atomic E-state index is -0.210. The minimum Gasteiger partial charge on any atom is -0.399 e. The predicted octanol–water partition coefficient (Wildman–Crippen LogP) is 6.46. The third-order valence-corrected chi connectivity index (χ3v) is 5.56. The molecule has 0 unspecified atom stereocenters. The highest BCUT2D eigenvalue weighted by molar-refractivity contribution is 6.33. The van der Waals surface area contributed by atoms with Crippen LogP contribution in [-0.2, 0) is 0 Å². The topological polar surface area (TPSA) is 95.8 Å². The molecule has 0 bridgehead atoms. The maximum absolute atomic E-state index is 12.5. The fourth-order valence-corrected chi connectivity index (χ4v) is 3.84. The molecule has 1 amide bonds. The smallest absolute Gasteiger partial charge is 0.255 e. The molecule has 0 aliphatic rings. The van der Waals surface area contributed by atoms with Crippen molar-refractivity contribution in [2.75, 3.05) is 16.4 Å². The molecule has 7 heteroatoms. The molecule has 0 aliphatic heterocycles. The van der Waals surface area contributed by atoms with Crippen molar-refractivity contribution in [1.29, 1.82) is 0 Å². The molecular weight excluding hydrogens is 434 g/mol. The Morgan fingerprint density at radius 1 is 0.909 bits per heavy atom. The number of nitrogens with zero attached hydrogens (tertiary/aromatic N) is 1. The third-order valence-electron chi connectivity index (χ3n) is 5.26. The van der Waals surface area contributed by atoms with Crippen LogP contribution in [0.1, 0.15) is 10.4 Å². The molecule has 5 N–H and O–H groups in total. The monoisotopic (exact) mass is 453 g/mol. The number of carbonyl (C=O) groups excluding carboxylic acids is 1. The number of hydrogen-bond donors (Lipinski definition) is 4. The van der Waals surface area contributed by atoms with Gasteiger partial charge in [-0.15, -0.1) is 0 Å². The van der Waals surface area contributed by atoms with E-state index in [1.807, 2.05) is 66.9 Å². The number of pyridine rings is 1. The second kappa shape index (κ2) is 8.68. The highest BCUT2D eigenvalue weighted by Gasteiger charge is 2.12. The van der Waals surface area contributed by atoms with E-state index in [-0.39, 0.29) is 5.91 Å². The maximum atomic E-state index is 12.5. The standard InChI is InChI=1S/C26H20ClN5O/c27-22-12-13-24(32-25(22)21-15-29-23-7-2-1-6-20(21)23)30-18-4-3-5-19(14-18)31-26(33)16-8-10-17(28)11-9-16/h1-15,29H,28H2,(H,30,32)(H,31,33). The number of H-pyrrole nitrogens is 1. The summed E-state index contributed by atoms with van der Waals surface area (Å²) < 4.78 is 0. The van der Waals surface area contributed by atoms with E-state index >= 15 is 0 Å². The molecule has 0 saturated carbocycles. The summed E-state index contributed by atoms with van der Waals surface area (Å²) in [5.41, 5.74) is 10.9. The predicted molar refractivity (Wildman–Crippen MR) is 135 cm³/mol. The van der Waals surface area contributed by atoms with Crippen LogP contribution in [0, 0.1) is 0 Å². The Morgan fingerprint density at radius 2 is 1.70 bits per heavy atom. The summed E-state index contributed by atoms with van der Waals surface area (Å²) in [6, 6.07) is 25.9. The number of halogens is 1. The number of carbonyl (C=O) groups is 1. The van der Waals surface area contributed by atoms with Crippen molar-refractivity contribution in [3.8, 4) is 11.3 Å². The largest absolute Gasteiger partial charge is 0.399 e. The number of benzene rings is 3. The van der Waals surface area contributed by atoms with Crippen molar-refractivity contribution in [3.05, 3.63) is 102 Å². The highest BCUT2D eigenvalue weighted by Crippen LogP contribution is 2.33. The van der Waals surface area contributed by atoms with E-state index in [4.69, 9.17) is 22.3 Å². The van der Waals surface area contributed by atoms with Crippen LogP contribution in [0.3, 0.4) is 0 Å². The van der Waals surface area contributed by atoms with E-state index in [0.29, 0.717) is 33.5 Å². The van der Waals surface area contributed by atoms with Gasteiger partial charge in [0, 0.05) is 45.3 Å². The number of anilines is 4. The number of aromatic nitrogens is 2. The van der Waals surface area contributed by atoms with E-state index < -0.39 is 0 Å². The van der Waals surface area contributed by atoms with Crippen LogP contribution in [-0.4, -0.2) is 15.9 Å². The number of nitrogens with two attached hydrogens (primary N) is 1. The van der Waals surface area contributed by atoms with Gasteiger partial charge >= 0.3 is 0 Å². The van der Waals surface area contributed by atoms with Crippen molar-refractivity contribution in [2.24, 2.45) is 0 Å². The Balaban J connectivity index is 1.38. The zero-order valence-corrected chi connectivity index (χ0v) is 18.2. The number of nitrogens with one attached hydrogen (secondary N) is 3. The summed E-state index contributed by atoms with van der Waals surface area (Å²) in [4.78, 5) is 20.5. The molecule has 2 aromatic heterocycles. The second-order valence-corrected chi connectivity index (χ2v) is 7.96. The maximum Gasteiger partial charge on any atom is 0.255 e. The second-order valence-electron chi connectivity index (χ2n) is 7.56. The lowest BCUT2D eigenvalue weighted by Crippen LogP contribution is -2.11. The lowest BCUT2D eigenvalue weighted by molar-refractivity contribution is 0.102. The average Bonchev–Trinajstić information content (AvgIpc) is 3.25. The molecular formula is C26H20ClN5O. The van der Waals surface area contributed by atoms with Gasteiger partial charge in [0.05, 0.1) is 10.7 Å². The van der Waals surface area contributed by atoms with Gasteiger partial charge in [0.2, 0.25) is 0 Å². The Labute approximate surface area is 195 Å². The minimum absolute atomic E-state index is 0.210. The van der Waals surface area contributed by atoms with E-state index in [2.05, 4.69) is 15.6 Å². The van der Waals surface area contributed by atoms with Gasteiger partial charge in [-0.3, -0.25) is 4.79 Å². The zero-order chi connectivity index (χ0) is 22.8. The van der Waals surface area contributed by atoms with Crippen molar-refractivity contribution >= 4 is 51.3 Å². The zero-order valence-electron chi connectivity index (χ0n) is 17.5. The van der Waals surface area contributed by atoms with Gasteiger partial charge in [-0.05, 0) is 60.7 Å². The molecule has 5 aromatic rings. The first-order valence-corrected chi connectivity index (χ1v) is 10.7. The highest BCUT2D eigenvalue weighted by atomic mass is 35.5. The van der Waals surface area contributed by atoms with Crippen LogP contribution in [0.25, 0.3) is 22.2 Å².